The van der Waals surface area contributed by atoms with Gasteiger partial charge < -0.3 is 10.8 Å². The number of halogens is 1. The van der Waals surface area contributed by atoms with Gasteiger partial charge in [0.1, 0.15) is 6.33 Å². The van der Waals surface area contributed by atoms with Gasteiger partial charge in [-0.1, -0.05) is 29.8 Å². The van der Waals surface area contributed by atoms with Crippen molar-refractivity contribution >= 4 is 23.5 Å². The van der Waals surface area contributed by atoms with Crippen LogP contribution in [0.5, 0.6) is 0 Å². The third-order valence-corrected chi connectivity index (χ3v) is 7.43. The van der Waals surface area contributed by atoms with Crippen LogP contribution in [0.1, 0.15) is 34.9 Å². The lowest BCUT2D eigenvalue weighted by atomic mass is 10.0. The highest BCUT2D eigenvalue weighted by Gasteiger charge is 2.43. The zero-order valence-electron chi connectivity index (χ0n) is 21.0. The lowest BCUT2D eigenvalue weighted by Crippen LogP contribution is -2.17. The molecule has 3 atom stereocenters. The molecule has 0 spiro atoms. The Hall–Kier alpha value is -4.90. The van der Waals surface area contributed by atoms with Crippen molar-refractivity contribution in [1.82, 2.24) is 35.0 Å². The molecule has 12 heteroatoms. The van der Waals surface area contributed by atoms with Crippen molar-refractivity contribution in [3.05, 3.63) is 95.8 Å². The number of nitrogens with zero attached hydrogens (tertiary/aromatic N) is 7. The number of primary amides is 1. The Balaban J connectivity index is 1.33. The van der Waals surface area contributed by atoms with Crippen LogP contribution in [0, 0.1) is 11.8 Å². The van der Waals surface area contributed by atoms with Gasteiger partial charge >= 0.3 is 5.97 Å². The molecule has 40 heavy (non-hydrogen) atoms. The highest BCUT2D eigenvalue weighted by atomic mass is 35.5. The molecule has 11 nitrogen and oxygen atoms in total. The topological polar surface area (TPSA) is 155 Å². The Morgan fingerprint density at radius 3 is 2.50 bits per heavy atom. The molecule has 1 aliphatic carbocycles. The maximum atomic E-state index is 11.8. The zero-order valence-corrected chi connectivity index (χ0v) is 21.8. The first-order valence-corrected chi connectivity index (χ1v) is 12.9. The second kappa shape index (κ2) is 10.3. The van der Waals surface area contributed by atoms with Crippen molar-refractivity contribution in [3.8, 4) is 27.9 Å². The molecule has 1 fully saturated rings. The van der Waals surface area contributed by atoms with Gasteiger partial charge in [0.05, 0.1) is 29.2 Å². The second-order valence-electron chi connectivity index (χ2n) is 9.74. The minimum atomic E-state index is -0.979. The van der Waals surface area contributed by atoms with Gasteiger partial charge in [0.15, 0.2) is 0 Å². The highest BCUT2D eigenvalue weighted by molar-refractivity contribution is 6.31. The third-order valence-electron chi connectivity index (χ3n) is 7.19. The van der Waals surface area contributed by atoms with Crippen molar-refractivity contribution in [2.24, 2.45) is 17.6 Å². The van der Waals surface area contributed by atoms with E-state index in [2.05, 4.69) is 20.6 Å². The highest BCUT2D eigenvalue weighted by Crippen LogP contribution is 2.45. The molecule has 1 aliphatic rings. The molecule has 0 bridgehead atoms. The number of benzene rings is 2. The second-order valence-corrected chi connectivity index (χ2v) is 10.2. The molecule has 6 rings (SSSR count). The Bertz CT molecular complexity index is 1680. The Morgan fingerprint density at radius 1 is 1.05 bits per heavy atom. The molecule has 0 radical (unpaired) electrons. The number of carbonyl (C=O) groups is 2. The number of hydrogen-bond acceptors (Lipinski definition) is 7. The standard InChI is InChI=1S/C28H23ClN8O3/c29-21-6-8-25(37-15-32-34-35-37)22(11-21)18-5-7-24(31-12-18)26(10-19-9-23(19)27(30)38)36-14-20(13-33-36)16-1-3-17(4-2-16)28(39)40/h1-8,11-15,19,23,26H,9-10H2,(H2,30,38)(H,39,40)/t19-,23-,26?/m0/s1. The number of carboxylic acid groups (broad SMARTS) is 1. The predicted octanol–water partition coefficient (Wildman–Crippen LogP) is 4.04. The summed E-state index contributed by atoms with van der Waals surface area (Å²) in [5.41, 5.74) is 10.6. The molecule has 0 saturated heterocycles. The van der Waals surface area contributed by atoms with Gasteiger partial charge in [0.25, 0.3) is 0 Å². The first-order chi connectivity index (χ1) is 19.4. The third kappa shape index (κ3) is 5.06. The van der Waals surface area contributed by atoms with Gasteiger partial charge in [-0.25, -0.2) is 4.79 Å². The van der Waals surface area contributed by atoms with E-state index in [4.69, 9.17) is 22.3 Å². The summed E-state index contributed by atoms with van der Waals surface area (Å²) in [6.07, 6.45) is 8.32. The molecule has 3 aromatic heterocycles. The molecule has 1 amide bonds. The lowest BCUT2D eigenvalue weighted by Gasteiger charge is -2.18. The first kappa shape index (κ1) is 25.4. The van der Waals surface area contributed by atoms with Gasteiger partial charge in [0.2, 0.25) is 5.91 Å². The van der Waals surface area contributed by atoms with Crippen LogP contribution < -0.4 is 5.73 Å². The average Bonchev–Trinajstić information content (AvgIpc) is 3.30. The summed E-state index contributed by atoms with van der Waals surface area (Å²) < 4.78 is 3.40. The molecule has 0 aliphatic heterocycles. The van der Waals surface area contributed by atoms with Crippen molar-refractivity contribution in [3.63, 3.8) is 0 Å². The molecule has 1 unspecified atom stereocenters. The maximum Gasteiger partial charge on any atom is 0.335 e. The molecule has 1 saturated carbocycles. The van der Waals surface area contributed by atoms with E-state index in [9.17, 15) is 14.7 Å². The van der Waals surface area contributed by atoms with Crippen molar-refractivity contribution in [2.45, 2.75) is 18.9 Å². The van der Waals surface area contributed by atoms with Crippen LogP contribution in [-0.2, 0) is 4.79 Å². The zero-order chi connectivity index (χ0) is 27.8. The fourth-order valence-electron chi connectivity index (χ4n) is 4.94. The van der Waals surface area contributed by atoms with Crippen LogP contribution in [0.3, 0.4) is 0 Å². The maximum absolute atomic E-state index is 11.8. The van der Waals surface area contributed by atoms with Gasteiger partial charge in [-0.15, -0.1) is 5.10 Å². The summed E-state index contributed by atoms with van der Waals surface area (Å²) in [5, 5.41) is 25.8. The molecular formula is C28H23ClN8O3. The number of carboxylic acids is 1. The minimum absolute atomic E-state index is 0.144. The quantitative estimate of drug-likeness (QED) is 0.276. The first-order valence-electron chi connectivity index (χ1n) is 12.5. The minimum Gasteiger partial charge on any atom is -0.478 e. The summed E-state index contributed by atoms with van der Waals surface area (Å²) >= 11 is 6.31. The number of tetrazole rings is 1. The summed E-state index contributed by atoms with van der Waals surface area (Å²) in [4.78, 5) is 27.8. The van der Waals surface area contributed by atoms with E-state index in [-0.39, 0.29) is 29.3 Å². The van der Waals surface area contributed by atoms with E-state index in [1.807, 2.05) is 35.1 Å². The fourth-order valence-corrected chi connectivity index (χ4v) is 5.12. The largest absolute Gasteiger partial charge is 0.478 e. The molecular weight excluding hydrogens is 532 g/mol. The predicted molar refractivity (Wildman–Crippen MR) is 146 cm³/mol. The van der Waals surface area contributed by atoms with Crippen molar-refractivity contribution in [1.29, 1.82) is 0 Å². The van der Waals surface area contributed by atoms with Crippen LogP contribution in [0.2, 0.25) is 5.02 Å². The Kier molecular flexibility index (Phi) is 6.56. The number of aromatic carboxylic acids is 1. The Labute approximate surface area is 233 Å². The summed E-state index contributed by atoms with van der Waals surface area (Å²) in [6, 6.07) is 15.7. The fraction of sp³-hybridized carbons (Fsp3) is 0.179. The number of hydrogen-bond donors (Lipinski definition) is 2. The van der Waals surface area contributed by atoms with Crippen LogP contribution in [0.25, 0.3) is 27.9 Å². The van der Waals surface area contributed by atoms with E-state index < -0.39 is 5.97 Å². The number of aromatic nitrogens is 7. The van der Waals surface area contributed by atoms with E-state index in [1.54, 1.807) is 47.4 Å². The monoisotopic (exact) mass is 554 g/mol. The molecule has 200 valence electrons. The van der Waals surface area contributed by atoms with Gasteiger partial charge in [-0.3, -0.25) is 14.5 Å². The number of rotatable bonds is 9. The van der Waals surface area contributed by atoms with Crippen LogP contribution in [0.15, 0.2) is 79.5 Å². The number of amides is 1. The van der Waals surface area contributed by atoms with E-state index in [0.29, 0.717) is 11.4 Å². The normalized spacial score (nSPS) is 16.9. The Morgan fingerprint density at radius 2 is 1.85 bits per heavy atom. The number of carbonyl (C=O) groups excluding carboxylic acids is 1. The van der Waals surface area contributed by atoms with Crippen molar-refractivity contribution < 1.29 is 14.7 Å². The molecule has 3 N–H and O–H groups in total. The molecule has 5 aromatic rings. The average molecular weight is 555 g/mol. The number of pyridine rings is 1. The van der Waals surface area contributed by atoms with Gasteiger partial charge in [-0.2, -0.15) is 9.78 Å². The van der Waals surface area contributed by atoms with Crippen molar-refractivity contribution in [2.75, 3.05) is 0 Å². The smallest absolute Gasteiger partial charge is 0.335 e. The summed E-state index contributed by atoms with van der Waals surface area (Å²) in [5.74, 6) is -1.27. The SMILES string of the molecule is NC(=O)[C@H]1C[C@H]1CC(c1ccc(-c2cc(Cl)ccc2-n2cnnn2)cn1)n1cc(-c2ccc(C(=O)O)cc2)cn1. The summed E-state index contributed by atoms with van der Waals surface area (Å²) in [7, 11) is 0. The van der Waals surface area contributed by atoms with Gasteiger partial charge in [-0.05, 0) is 71.1 Å². The van der Waals surface area contributed by atoms with E-state index in [1.165, 1.54) is 6.33 Å². The van der Waals surface area contributed by atoms with Crippen LogP contribution in [-0.4, -0.2) is 52.0 Å². The molecule has 2 aromatic carbocycles. The number of nitrogens with two attached hydrogens (primary N) is 1. The van der Waals surface area contributed by atoms with Gasteiger partial charge in [0, 0.05) is 40.0 Å². The molecule has 3 heterocycles. The van der Waals surface area contributed by atoms with E-state index >= 15 is 0 Å². The summed E-state index contributed by atoms with van der Waals surface area (Å²) in [6.45, 7) is 0. The van der Waals surface area contributed by atoms with Crippen LogP contribution >= 0.6 is 11.6 Å². The van der Waals surface area contributed by atoms with E-state index in [0.717, 1.165) is 40.1 Å². The van der Waals surface area contributed by atoms with Crippen LogP contribution in [0.4, 0.5) is 0 Å². The lowest BCUT2D eigenvalue weighted by molar-refractivity contribution is -0.119.